The second-order valence-corrected chi connectivity index (χ2v) is 4.73. The molecule has 0 aromatic rings. The molecule has 1 saturated carbocycles. The summed E-state index contributed by atoms with van der Waals surface area (Å²) in [6.07, 6.45) is 4.01. The summed E-state index contributed by atoms with van der Waals surface area (Å²) in [7, 11) is 0. The molecule has 2 N–H and O–H groups in total. The Morgan fingerprint density at radius 1 is 1.40 bits per heavy atom. The zero-order valence-electron chi connectivity index (χ0n) is 5.96. The number of rotatable bonds is 0. The molecule has 0 radical (unpaired) electrons. The van der Waals surface area contributed by atoms with Crippen molar-refractivity contribution in [1.29, 1.82) is 0 Å². The van der Waals surface area contributed by atoms with E-state index in [1.807, 2.05) is 0 Å². The molecule has 2 bridgehead atoms. The van der Waals surface area contributed by atoms with E-state index in [-0.39, 0.29) is 0 Å². The van der Waals surface area contributed by atoms with Gasteiger partial charge in [0, 0.05) is 41.5 Å². The molecule has 3 atom stereocenters. The Hall–Kier alpha value is 0.650. The standard InChI is InChI=1S/C7H13IN2/c8-10-4-5-1-2-7(10)6(9)3-5/h5-7H,1-4,9H2. The van der Waals surface area contributed by atoms with Crippen molar-refractivity contribution in [3.8, 4) is 0 Å². The number of nitrogens with two attached hydrogens (primary N) is 1. The quantitative estimate of drug-likeness (QED) is 0.517. The minimum Gasteiger partial charge on any atom is -0.326 e. The van der Waals surface area contributed by atoms with Crippen molar-refractivity contribution >= 4 is 22.9 Å². The lowest BCUT2D eigenvalue weighted by Crippen LogP contribution is -2.54. The SMILES string of the molecule is NC1CC2CCC1N(I)C2. The van der Waals surface area contributed by atoms with Gasteiger partial charge in [-0.3, -0.25) is 0 Å². The van der Waals surface area contributed by atoms with Crippen LogP contribution in [0, 0.1) is 5.92 Å². The molecule has 2 saturated heterocycles. The molecule has 58 valence electrons. The third-order valence-corrected chi connectivity index (χ3v) is 3.87. The maximum absolute atomic E-state index is 5.96. The van der Waals surface area contributed by atoms with E-state index in [9.17, 15) is 0 Å². The number of halogens is 1. The molecule has 3 fully saturated rings. The van der Waals surface area contributed by atoms with E-state index in [0.717, 1.165) is 5.92 Å². The first-order valence-electron chi connectivity index (χ1n) is 3.95. The van der Waals surface area contributed by atoms with Gasteiger partial charge >= 0.3 is 0 Å². The van der Waals surface area contributed by atoms with Crippen molar-refractivity contribution in [3.05, 3.63) is 0 Å². The second kappa shape index (κ2) is 2.60. The molecule has 2 aliphatic heterocycles. The summed E-state index contributed by atoms with van der Waals surface area (Å²) in [5.74, 6) is 0.900. The average Bonchev–Trinajstić information content (AvgIpc) is 1.86. The van der Waals surface area contributed by atoms with E-state index in [2.05, 4.69) is 26.0 Å². The summed E-state index contributed by atoms with van der Waals surface area (Å²) in [6, 6.07) is 1.15. The predicted molar refractivity (Wildman–Crippen MR) is 49.8 cm³/mol. The lowest BCUT2D eigenvalue weighted by molar-refractivity contribution is 0.122. The lowest BCUT2D eigenvalue weighted by Gasteiger charge is -2.45. The molecule has 3 aliphatic rings. The van der Waals surface area contributed by atoms with Gasteiger partial charge in [0.1, 0.15) is 0 Å². The fraction of sp³-hybridized carbons (Fsp3) is 1.00. The molecule has 2 heterocycles. The molecule has 3 rings (SSSR count). The van der Waals surface area contributed by atoms with E-state index in [1.54, 1.807) is 0 Å². The molecular weight excluding hydrogens is 239 g/mol. The highest BCUT2D eigenvalue weighted by atomic mass is 127. The van der Waals surface area contributed by atoms with Gasteiger partial charge in [0.25, 0.3) is 0 Å². The van der Waals surface area contributed by atoms with Crippen molar-refractivity contribution in [2.24, 2.45) is 11.7 Å². The number of hydrogen-bond acceptors (Lipinski definition) is 2. The Morgan fingerprint density at radius 3 is 2.60 bits per heavy atom. The van der Waals surface area contributed by atoms with Crippen molar-refractivity contribution in [1.82, 2.24) is 3.11 Å². The molecule has 1 aliphatic carbocycles. The summed E-state index contributed by atoms with van der Waals surface area (Å²) in [6.45, 7) is 1.28. The molecule has 10 heavy (non-hydrogen) atoms. The largest absolute Gasteiger partial charge is 0.326 e. The number of nitrogens with zero attached hydrogens (tertiary/aromatic N) is 1. The van der Waals surface area contributed by atoms with Gasteiger partial charge in [-0.15, -0.1) is 0 Å². The molecule has 2 nitrogen and oxygen atoms in total. The van der Waals surface area contributed by atoms with Crippen LogP contribution in [0.4, 0.5) is 0 Å². The van der Waals surface area contributed by atoms with E-state index >= 15 is 0 Å². The zero-order valence-corrected chi connectivity index (χ0v) is 8.12. The Labute approximate surface area is 75.6 Å². The lowest BCUT2D eigenvalue weighted by atomic mass is 9.78. The smallest absolute Gasteiger partial charge is 0.0345 e. The Balaban J connectivity index is 2.11. The summed E-state index contributed by atoms with van der Waals surface area (Å²) in [4.78, 5) is 0. The first kappa shape index (κ1) is 7.31. The van der Waals surface area contributed by atoms with Crippen LogP contribution in [-0.2, 0) is 0 Å². The van der Waals surface area contributed by atoms with Gasteiger partial charge in [0.15, 0.2) is 0 Å². The van der Waals surface area contributed by atoms with Crippen LogP contribution in [0.5, 0.6) is 0 Å². The number of piperidine rings is 2. The van der Waals surface area contributed by atoms with E-state index in [0.29, 0.717) is 12.1 Å². The van der Waals surface area contributed by atoms with Crippen molar-refractivity contribution in [2.75, 3.05) is 6.54 Å². The van der Waals surface area contributed by atoms with Crippen LogP contribution in [0.3, 0.4) is 0 Å². The number of hydrogen-bond donors (Lipinski definition) is 1. The van der Waals surface area contributed by atoms with Crippen molar-refractivity contribution in [2.45, 2.75) is 31.3 Å². The normalized spacial score (nSPS) is 48.0. The van der Waals surface area contributed by atoms with Gasteiger partial charge in [-0.05, 0) is 25.2 Å². The molecular formula is C7H13IN2. The van der Waals surface area contributed by atoms with E-state index in [1.165, 1.54) is 25.8 Å². The van der Waals surface area contributed by atoms with Gasteiger partial charge < -0.3 is 5.73 Å². The van der Waals surface area contributed by atoms with Gasteiger partial charge in [-0.1, -0.05) is 0 Å². The van der Waals surface area contributed by atoms with E-state index in [4.69, 9.17) is 5.73 Å². The minimum atomic E-state index is 0.462. The van der Waals surface area contributed by atoms with Gasteiger partial charge in [-0.2, -0.15) is 0 Å². The first-order valence-corrected chi connectivity index (χ1v) is 4.92. The maximum Gasteiger partial charge on any atom is 0.0345 e. The van der Waals surface area contributed by atoms with Crippen LogP contribution >= 0.6 is 22.9 Å². The summed E-state index contributed by atoms with van der Waals surface area (Å²) in [5.41, 5.74) is 5.96. The Bertz CT molecular complexity index is 128. The maximum atomic E-state index is 5.96. The minimum absolute atomic E-state index is 0.462. The highest BCUT2D eigenvalue weighted by molar-refractivity contribution is 14.1. The third-order valence-electron chi connectivity index (χ3n) is 2.76. The highest BCUT2D eigenvalue weighted by Crippen LogP contribution is 2.35. The van der Waals surface area contributed by atoms with Crippen LogP contribution in [0.1, 0.15) is 19.3 Å². The summed E-state index contributed by atoms with van der Waals surface area (Å²) >= 11 is 2.42. The fourth-order valence-corrected chi connectivity index (χ4v) is 3.42. The zero-order chi connectivity index (χ0) is 7.14. The number of fused-ring (bicyclic) bond motifs is 3. The van der Waals surface area contributed by atoms with Gasteiger partial charge in [0.05, 0.1) is 0 Å². The average molecular weight is 252 g/mol. The van der Waals surface area contributed by atoms with Crippen LogP contribution in [0.15, 0.2) is 0 Å². The molecule has 0 aromatic heterocycles. The molecule has 0 amide bonds. The highest BCUT2D eigenvalue weighted by Gasteiger charge is 2.37. The molecule has 3 heteroatoms. The predicted octanol–water partition coefficient (Wildman–Crippen LogP) is 1.15. The Kier molecular flexibility index (Phi) is 1.90. The Morgan fingerprint density at radius 2 is 2.20 bits per heavy atom. The molecule has 3 unspecified atom stereocenters. The van der Waals surface area contributed by atoms with Crippen LogP contribution in [-0.4, -0.2) is 21.7 Å². The monoisotopic (exact) mass is 252 g/mol. The van der Waals surface area contributed by atoms with Crippen LogP contribution in [0.25, 0.3) is 0 Å². The molecule has 0 aromatic carbocycles. The van der Waals surface area contributed by atoms with E-state index < -0.39 is 0 Å². The van der Waals surface area contributed by atoms with Gasteiger partial charge in [-0.25, -0.2) is 3.11 Å². The topological polar surface area (TPSA) is 29.3 Å². The third kappa shape index (κ3) is 1.08. The summed E-state index contributed by atoms with van der Waals surface area (Å²) in [5, 5.41) is 0. The van der Waals surface area contributed by atoms with Gasteiger partial charge in [0.2, 0.25) is 0 Å². The van der Waals surface area contributed by atoms with Crippen molar-refractivity contribution < 1.29 is 0 Å². The second-order valence-electron chi connectivity index (χ2n) is 3.49. The van der Waals surface area contributed by atoms with Crippen LogP contribution < -0.4 is 5.73 Å². The first-order chi connectivity index (χ1) is 4.77. The molecule has 0 spiro atoms. The van der Waals surface area contributed by atoms with Crippen LogP contribution in [0.2, 0.25) is 0 Å². The fourth-order valence-electron chi connectivity index (χ4n) is 2.18. The summed E-state index contributed by atoms with van der Waals surface area (Å²) < 4.78 is 2.40. The van der Waals surface area contributed by atoms with Crippen molar-refractivity contribution in [3.63, 3.8) is 0 Å².